The fourth-order valence-corrected chi connectivity index (χ4v) is 2.55. The molecule has 0 aliphatic rings. The second kappa shape index (κ2) is 6.39. The van der Waals surface area contributed by atoms with E-state index in [1.165, 1.54) is 5.39 Å². The zero-order chi connectivity index (χ0) is 15.4. The first-order valence-electron chi connectivity index (χ1n) is 7.44. The molecule has 1 atom stereocenters. The molecule has 0 aliphatic carbocycles. The van der Waals surface area contributed by atoms with Crippen LogP contribution in [0.4, 0.5) is 0 Å². The highest BCUT2D eigenvalue weighted by Gasteiger charge is 2.13. The molecule has 3 heteroatoms. The first kappa shape index (κ1) is 14.3. The van der Waals surface area contributed by atoms with Gasteiger partial charge in [0.1, 0.15) is 0 Å². The van der Waals surface area contributed by atoms with Gasteiger partial charge in [0, 0.05) is 11.5 Å². The molecule has 3 aromatic rings. The van der Waals surface area contributed by atoms with Crippen molar-refractivity contribution in [3.8, 4) is 0 Å². The number of benzene rings is 2. The molecule has 3 nitrogen and oxygen atoms in total. The lowest BCUT2D eigenvalue weighted by molar-refractivity contribution is -0.683. The number of hydrogen-bond donors (Lipinski definition) is 1. The van der Waals surface area contributed by atoms with Crippen LogP contribution in [0.15, 0.2) is 73.1 Å². The van der Waals surface area contributed by atoms with Crippen molar-refractivity contribution in [3.63, 3.8) is 0 Å². The van der Waals surface area contributed by atoms with Crippen LogP contribution in [0.2, 0.25) is 0 Å². The van der Waals surface area contributed by atoms with Crippen LogP contribution >= 0.6 is 0 Å². The number of fused-ring (bicyclic) bond motifs is 1. The van der Waals surface area contributed by atoms with E-state index in [1.807, 2.05) is 72.4 Å². The van der Waals surface area contributed by atoms with Crippen molar-refractivity contribution in [1.29, 1.82) is 0 Å². The Kier molecular flexibility index (Phi) is 4.15. The molecule has 0 bridgehead atoms. The Morgan fingerprint density at radius 1 is 1.00 bits per heavy atom. The van der Waals surface area contributed by atoms with Crippen molar-refractivity contribution in [2.75, 3.05) is 0 Å². The van der Waals surface area contributed by atoms with E-state index in [2.05, 4.69) is 17.4 Å². The Bertz CT molecular complexity index is 784. The Hall–Kier alpha value is -2.68. The number of amides is 1. The standard InChI is InChI=1S/C19H18N2O/c1-15(16-7-3-2-4-8-16)20-19(22)14-21-12-11-17-9-5-6-10-18(17)13-21/h2-13,15H,14H2,1H3/p+1/t15-/m0/s1. The van der Waals surface area contributed by atoms with Gasteiger partial charge < -0.3 is 5.32 Å². The minimum atomic E-state index is 0.00903. The van der Waals surface area contributed by atoms with Crippen molar-refractivity contribution in [2.45, 2.75) is 19.5 Å². The summed E-state index contributed by atoms with van der Waals surface area (Å²) in [7, 11) is 0. The molecule has 0 radical (unpaired) electrons. The summed E-state index contributed by atoms with van der Waals surface area (Å²) in [5, 5.41) is 5.34. The number of carbonyl (C=O) groups excluding carboxylic acids is 1. The third-order valence-corrected chi connectivity index (χ3v) is 3.75. The monoisotopic (exact) mass is 291 g/mol. The molecule has 22 heavy (non-hydrogen) atoms. The van der Waals surface area contributed by atoms with E-state index >= 15 is 0 Å². The van der Waals surface area contributed by atoms with Crippen molar-refractivity contribution in [2.24, 2.45) is 0 Å². The normalized spacial score (nSPS) is 12.0. The van der Waals surface area contributed by atoms with E-state index < -0.39 is 0 Å². The summed E-state index contributed by atoms with van der Waals surface area (Å²) in [4.78, 5) is 12.2. The first-order chi connectivity index (χ1) is 10.7. The van der Waals surface area contributed by atoms with Crippen LogP contribution < -0.4 is 9.88 Å². The molecule has 0 saturated heterocycles. The van der Waals surface area contributed by atoms with Crippen molar-refractivity contribution < 1.29 is 9.36 Å². The van der Waals surface area contributed by atoms with Crippen LogP contribution in [0.3, 0.4) is 0 Å². The molecule has 0 aliphatic heterocycles. The van der Waals surface area contributed by atoms with E-state index in [4.69, 9.17) is 0 Å². The third kappa shape index (κ3) is 3.31. The van der Waals surface area contributed by atoms with Gasteiger partial charge in [0.2, 0.25) is 6.54 Å². The second-order valence-corrected chi connectivity index (χ2v) is 5.45. The summed E-state index contributed by atoms with van der Waals surface area (Å²) in [5.74, 6) is 0.0108. The van der Waals surface area contributed by atoms with Gasteiger partial charge in [0.25, 0.3) is 5.91 Å². The molecule has 0 unspecified atom stereocenters. The summed E-state index contributed by atoms with van der Waals surface area (Å²) in [5.41, 5.74) is 1.11. The SMILES string of the molecule is C[C@H](NC(=O)C[n+]1ccc2ccccc2c1)c1ccccc1. The predicted molar refractivity (Wildman–Crippen MR) is 87.1 cm³/mol. The molecular formula is C19H19N2O+. The Labute approximate surface area is 130 Å². The van der Waals surface area contributed by atoms with E-state index in [0.717, 1.165) is 10.9 Å². The van der Waals surface area contributed by atoms with Gasteiger partial charge in [0.05, 0.1) is 6.04 Å². The lowest BCUT2D eigenvalue weighted by Crippen LogP contribution is -2.43. The van der Waals surface area contributed by atoms with Crippen LogP contribution in [0.5, 0.6) is 0 Å². The van der Waals surface area contributed by atoms with Gasteiger partial charge in [0.15, 0.2) is 12.4 Å². The fourth-order valence-electron chi connectivity index (χ4n) is 2.55. The number of nitrogens with one attached hydrogen (secondary N) is 1. The Morgan fingerprint density at radius 2 is 1.68 bits per heavy atom. The second-order valence-electron chi connectivity index (χ2n) is 5.45. The lowest BCUT2D eigenvalue weighted by Gasteiger charge is -2.12. The minimum Gasteiger partial charge on any atom is -0.344 e. The van der Waals surface area contributed by atoms with Gasteiger partial charge in [-0.25, -0.2) is 0 Å². The van der Waals surface area contributed by atoms with E-state index in [0.29, 0.717) is 6.54 Å². The summed E-state index contributed by atoms with van der Waals surface area (Å²) >= 11 is 0. The van der Waals surface area contributed by atoms with Gasteiger partial charge in [-0.1, -0.05) is 48.5 Å². The molecule has 0 spiro atoms. The first-order valence-corrected chi connectivity index (χ1v) is 7.44. The van der Waals surface area contributed by atoms with Gasteiger partial charge in [-0.05, 0) is 23.9 Å². The van der Waals surface area contributed by atoms with Gasteiger partial charge >= 0.3 is 0 Å². The van der Waals surface area contributed by atoms with Gasteiger partial charge in [-0.2, -0.15) is 4.57 Å². The molecule has 0 saturated carbocycles. The lowest BCUT2D eigenvalue weighted by atomic mass is 10.1. The van der Waals surface area contributed by atoms with Crippen LogP contribution in [0.1, 0.15) is 18.5 Å². The van der Waals surface area contributed by atoms with Crippen molar-refractivity contribution in [1.82, 2.24) is 5.32 Å². The predicted octanol–water partition coefficient (Wildman–Crippen LogP) is 3.00. The third-order valence-electron chi connectivity index (χ3n) is 3.75. The minimum absolute atomic E-state index is 0.00903. The van der Waals surface area contributed by atoms with Gasteiger partial charge in [-0.15, -0.1) is 0 Å². The fraction of sp³-hybridized carbons (Fsp3) is 0.158. The zero-order valence-electron chi connectivity index (χ0n) is 12.6. The number of pyridine rings is 1. The maximum absolute atomic E-state index is 12.2. The van der Waals surface area contributed by atoms with E-state index in [-0.39, 0.29) is 11.9 Å². The highest BCUT2D eigenvalue weighted by atomic mass is 16.2. The number of carbonyl (C=O) groups is 1. The van der Waals surface area contributed by atoms with Crippen molar-refractivity contribution >= 4 is 16.7 Å². The average Bonchev–Trinajstić information content (AvgIpc) is 2.55. The van der Waals surface area contributed by atoms with Crippen molar-refractivity contribution in [3.05, 3.63) is 78.6 Å². The maximum Gasteiger partial charge on any atom is 0.286 e. The molecule has 110 valence electrons. The molecule has 3 rings (SSSR count). The number of rotatable bonds is 4. The number of nitrogens with zero attached hydrogens (tertiary/aromatic N) is 1. The van der Waals surface area contributed by atoms with Crippen LogP contribution in [0, 0.1) is 0 Å². The summed E-state index contributed by atoms with van der Waals surface area (Å²) < 4.78 is 1.91. The largest absolute Gasteiger partial charge is 0.344 e. The highest BCUT2D eigenvalue weighted by Crippen LogP contribution is 2.11. The summed E-state index contributed by atoms with van der Waals surface area (Å²) in [6.45, 7) is 2.32. The molecular weight excluding hydrogens is 272 g/mol. The van der Waals surface area contributed by atoms with Crippen LogP contribution in [0.25, 0.3) is 10.8 Å². The summed E-state index contributed by atoms with van der Waals surface area (Å²) in [6.07, 6.45) is 3.94. The Morgan fingerprint density at radius 3 is 2.45 bits per heavy atom. The van der Waals surface area contributed by atoms with E-state index in [1.54, 1.807) is 0 Å². The van der Waals surface area contributed by atoms with Crippen LogP contribution in [-0.4, -0.2) is 5.91 Å². The zero-order valence-corrected chi connectivity index (χ0v) is 12.6. The van der Waals surface area contributed by atoms with Crippen LogP contribution in [-0.2, 0) is 11.3 Å². The molecule has 0 fully saturated rings. The molecule has 1 aromatic heterocycles. The smallest absolute Gasteiger partial charge is 0.286 e. The summed E-state index contributed by atoms with van der Waals surface area (Å²) in [6, 6.07) is 20.2. The molecule has 1 N–H and O–H groups in total. The van der Waals surface area contributed by atoms with E-state index in [9.17, 15) is 4.79 Å². The topological polar surface area (TPSA) is 33.0 Å². The molecule has 2 aromatic carbocycles. The van der Waals surface area contributed by atoms with Gasteiger partial charge in [-0.3, -0.25) is 4.79 Å². The number of aromatic nitrogens is 1. The highest BCUT2D eigenvalue weighted by molar-refractivity contribution is 5.80. The maximum atomic E-state index is 12.2. The molecule has 1 heterocycles. The molecule has 1 amide bonds. The number of hydrogen-bond acceptors (Lipinski definition) is 1. The quantitative estimate of drug-likeness (QED) is 0.736. The Balaban J connectivity index is 1.68. The average molecular weight is 291 g/mol.